The fourth-order valence-electron chi connectivity index (χ4n) is 1.72. The monoisotopic (exact) mass is 297 g/mol. The van der Waals surface area contributed by atoms with E-state index in [2.05, 4.69) is 10.3 Å². The predicted molar refractivity (Wildman–Crippen MR) is 79.4 cm³/mol. The number of amides is 1. The maximum Gasteiger partial charge on any atom is 0.266 e. The van der Waals surface area contributed by atoms with Gasteiger partial charge in [-0.05, 0) is 35.9 Å². The van der Waals surface area contributed by atoms with Gasteiger partial charge in [-0.1, -0.05) is 6.07 Å². The number of methoxy groups -OCH3 is 1. The van der Waals surface area contributed by atoms with Crippen LogP contribution in [0.25, 0.3) is 6.08 Å². The van der Waals surface area contributed by atoms with Crippen molar-refractivity contribution < 1.29 is 13.9 Å². The molecule has 0 bridgehead atoms. The summed E-state index contributed by atoms with van der Waals surface area (Å²) in [5.41, 5.74) is 0.708. The quantitative estimate of drug-likeness (QED) is 0.695. The van der Waals surface area contributed by atoms with Crippen LogP contribution in [0.15, 0.2) is 48.3 Å². The summed E-state index contributed by atoms with van der Waals surface area (Å²) in [7, 11) is 1.36. The van der Waals surface area contributed by atoms with Gasteiger partial charge in [0.05, 0.1) is 19.0 Å². The standard InChI is InChI=1S/C16H12FN3O2/c1-22-15-5-4-11(8-14(15)17)7-12(9-18)16(21)20-13-3-2-6-19-10-13/h2-8,10H,1H3,(H,20,21)/b12-7+. The minimum atomic E-state index is -0.591. The van der Waals surface area contributed by atoms with E-state index in [1.54, 1.807) is 30.5 Å². The van der Waals surface area contributed by atoms with Gasteiger partial charge in [-0.2, -0.15) is 5.26 Å². The summed E-state index contributed by atoms with van der Waals surface area (Å²) in [6, 6.07) is 9.26. The smallest absolute Gasteiger partial charge is 0.266 e. The van der Waals surface area contributed by atoms with Crippen molar-refractivity contribution in [2.24, 2.45) is 0 Å². The number of pyridine rings is 1. The molecule has 1 amide bonds. The lowest BCUT2D eigenvalue weighted by Crippen LogP contribution is -2.13. The zero-order valence-corrected chi connectivity index (χ0v) is 11.7. The van der Waals surface area contributed by atoms with Crippen molar-refractivity contribution in [3.05, 3.63) is 59.7 Å². The summed E-state index contributed by atoms with van der Waals surface area (Å²) >= 11 is 0. The van der Waals surface area contributed by atoms with Gasteiger partial charge >= 0.3 is 0 Å². The van der Waals surface area contributed by atoms with Crippen LogP contribution in [0, 0.1) is 17.1 Å². The Morgan fingerprint density at radius 1 is 1.45 bits per heavy atom. The van der Waals surface area contributed by atoms with Crippen LogP contribution in [-0.4, -0.2) is 18.0 Å². The molecule has 0 atom stereocenters. The zero-order valence-electron chi connectivity index (χ0n) is 11.7. The van der Waals surface area contributed by atoms with Crippen LogP contribution in [0.3, 0.4) is 0 Å². The number of nitriles is 1. The molecule has 110 valence electrons. The summed E-state index contributed by atoms with van der Waals surface area (Å²) in [4.78, 5) is 15.9. The van der Waals surface area contributed by atoms with Crippen LogP contribution in [-0.2, 0) is 4.79 Å². The minimum Gasteiger partial charge on any atom is -0.494 e. The average molecular weight is 297 g/mol. The molecule has 0 radical (unpaired) electrons. The fourth-order valence-corrected chi connectivity index (χ4v) is 1.72. The Morgan fingerprint density at radius 2 is 2.27 bits per heavy atom. The number of nitrogens with zero attached hydrogens (tertiary/aromatic N) is 2. The fraction of sp³-hybridized carbons (Fsp3) is 0.0625. The Hall–Kier alpha value is -3.20. The second-order valence-corrected chi connectivity index (χ2v) is 4.26. The van der Waals surface area contributed by atoms with Crippen LogP contribution in [0.2, 0.25) is 0 Å². The first-order chi connectivity index (χ1) is 10.6. The molecule has 0 saturated heterocycles. The molecule has 1 N–H and O–H groups in total. The van der Waals surface area contributed by atoms with Gasteiger partial charge < -0.3 is 10.1 Å². The average Bonchev–Trinajstić information content (AvgIpc) is 2.53. The largest absolute Gasteiger partial charge is 0.494 e. The molecule has 1 aromatic carbocycles. The molecule has 0 aliphatic carbocycles. The number of hydrogen-bond donors (Lipinski definition) is 1. The van der Waals surface area contributed by atoms with Crippen LogP contribution in [0.5, 0.6) is 5.75 Å². The second-order valence-electron chi connectivity index (χ2n) is 4.26. The van der Waals surface area contributed by atoms with E-state index in [-0.39, 0.29) is 11.3 Å². The summed E-state index contributed by atoms with van der Waals surface area (Å²) in [6.45, 7) is 0. The Kier molecular flexibility index (Phi) is 4.83. The molecule has 1 aromatic heterocycles. The lowest BCUT2D eigenvalue weighted by molar-refractivity contribution is -0.112. The van der Waals surface area contributed by atoms with Gasteiger partial charge in [0.25, 0.3) is 5.91 Å². The van der Waals surface area contributed by atoms with E-state index in [1.807, 2.05) is 0 Å². The van der Waals surface area contributed by atoms with Gasteiger partial charge in [-0.3, -0.25) is 9.78 Å². The van der Waals surface area contributed by atoms with Crippen LogP contribution in [0.1, 0.15) is 5.56 Å². The van der Waals surface area contributed by atoms with E-state index in [9.17, 15) is 9.18 Å². The SMILES string of the molecule is COc1ccc(/C=C(\C#N)C(=O)Nc2cccnc2)cc1F. The number of aromatic nitrogens is 1. The number of carbonyl (C=O) groups is 1. The normalized spacial score (nSPS) is 10.7. The maximum atomic E-state index is 13.6. The van der Waals surface area contributed by atoms with E-state index in [1.165, 1.54) is 31.5 Å². The minimum absolute atomic E-state index is 0.0930. The first-order valence-corrected chi connectivity index (χ1v) is 6.30. The second kappa shape index (κ2) is 6.99. The molecular formula is C16H12FN3O2. The molecule has 22 heavy (non-hydrogen) atoms. The Labute approximate surface area is 126 Å². The Bertz CT molecular complexity index is 752. The van der Waals surface area contributed by atoms with Crippen molar-refractivity contribution in [3.8, 4) is 11.8 Å². The number of halogens is 1. The molecule has 0 unspecified atom stereocenters. The number of ether oxygens (including phenoxy) is 1. The molecule has 1 heterocycles. The first-order valence-electron chi connectivity index (χ1n) is 6.30. The summed E-state index contributed by atoms with van der Waals surface area (Å²) < 4.78 is 18.4. The Balaban J connectivity index is 2.22. The third-order valence-electron chi connectivity index (χ3n) is 2.77. The third kappa shape index (κ3) is 3.67. The highest BCUT2D eigenvalue weighted by Gasteiger charge is 2.10. The van der Waals surface area contributed by atoms with Crippen LogP contribution in [0.4, 0.5) is 10.1 Å². The van der Waals surface area contributed by atoms with Crippen molar-refractivity contribution in [3.63, 3.8) is 0 Å². The predicted octanol–water partition coefficient (Wildman–Crippen LogP) is 2.77. The van der Waals surface area contributed by atoms with E-state index in [0.29, 0.717) is 11.3 Å². The molecular weight excluding hydrogens is 285 g/mol. The molecule has 0 aliphatic heterocycles. The van der Waals surface area contributed by atoms with Crippen molar-refractivity contribution in [1.82, 2.24) is 4.98 Å². The molecule has 2 aromatic rings. The molecule has 0 spiro atoms. The zero-order chi connectivity index (χ0) is 15.9. The number of rotatable bonds is 4. The topological polar surface area (TPSA) is 75.0 Å². The van der Waals surface area contributed by atoms with Gasteiger partial charge in [0.2, 0.25) is 0 Å². The number of hydrogen-bond acceptors (Lipinski definition) is 4. The number of nitrogens with one attached hydrogen (secondary N) is 1. The molecule has 2 rings (SSSR count). The lowest BCUT2D eigenvalue weighted by Gasteiger charge is -2.04. The molecule has 0 aliphatic rings. The molecule has 0 fully saturated rings. The van der Waals surface area contributed by atoms with Crippen molar-refractivity contribution in [2.45, 2.75) is 0 Å². The van der Waals surface area contributed by atoms with Crippen molar-refractivity contribution in [1.29, 1.82) is 5.26 Å². The highest BCUT2D eigenvalue weighted by atomic mass is 19.1. The molecule has 6 heteroatoms. The van der Waals surface area contributed by atoms with E-state index in [4.69, 9.17) is 10.00 Å². The van der Waals surface area contributed by atoms with Gasteiger partial charge in [0, 0.05) is 6.20 Å². The number of anilines is 1. The van der Waals surface area contributed by atoms with Crippen LogP contribution < -0.4 is 10.1 Å². The highest BCUT2D eigenvalue weighted by Crippen LogP contribution is 2.19. The summed E-state index contributed by atoms with van der Waals surface area (Å²) in [5, 5.41) is 11.6. The van der Waals surface area contributed by atoms with E-state index < -0.39 is 11.7 Å². The van der Waals surface area contributed by atoms with Crippen molar-refractivity contribution in [2.75, 3.05) is 12.4 Å². The number of benzene rings is 1. The summed E-state index contributed by atoms with van der Waals surface area (Å²) in [5.74, 6) is -1.07. The van der Waals surface area contributed by atoms with E-state index in [0.717, 1.165) is 0 Å². The highest BCUT2D eigenvalue weighted by molar-refractivity contribution is 6.09. The summed E-state index contributed by atoms with van der Waals surface area (Å²) in [6.07, 6.45) is 4.32. The number of carbonyl (C=O) groups excluding carboxylic acids is 1. The van der Waals surface area contributed by atoms with Crippen molar-refractivity contribution >= 4 is 17.7 Å². The van der Waals surface area contributed by atoms with Gasteiger partial charge in [0.15, 0.2) is 11.6 Å². The first kappa shape index (κ1) is 15.2. The van der Waals surface area contributed by atoms with Gasteiger partial charge in [-0.25, -0.2) is 4.39 Å². The lowest BCUT2D eigenvalue weighted by atomic mass is 10.1. The van der Waals surface area contributed by atoms with Crippen LogP contribution >= 0.6 is 0 Å². The van der Waals surface area contributed by atoms with E-state index >= 15 is 0 Å². The Morgan fingerprint density at radius 3 is 2.86 bits per heavy atom. The molecule has 0 saturated carbocycles. The maximum absolute atomic E-state index is 13.6. The van der Waals surface area contributed by atoms with Gasteiger partial charge in [0.1, 0.15) is 11.6 Å². The van der Waals surface area contributed by atoms with Gasteiger partial charge in [-0.15, -0.1) is 0 Å². The third-order valence-corrected chi connectivity index (χ3v) is 2.77. The molecule has 5 nitrogen and oxygen atoms in total.